The first-order chi connectivity index (χ1) is 19.0. The third-order valence-corrected chi connectivity index (χ3v) is 6.26. The van der Waals surface area contributed by atoms with Crippen LogP contribution in [0.2, 0.25) is 10.0 Å². The largest absolute Gasteiger partial charge is 0.459 e. The van der Waals surface area contributed by atoms with Gasteiger partial charge in [-0.05, 0) is 68.3 Å². The topological polar surface area (TPSA) is 106 Å². The van der Waals surface area contributed by atoms with Crippen LogP contribution in [0.15, 0.2) is 72.8 Å². The van der Waals surface area contributed by atoms with E-state index >= 15 is 0 Å². The van der Waals surface area contributed by atoms with Crippen molar-refractivity contribution in [3.8, 4) is 0 Å². The molecule has 0 fully saturated rings. The number of ether oxygens (including phenoxy) is 2. The van der Waals surface area contributed by atoms with Gasteiger partial charge in [0.2, 0.25) is 5.91 Å². The first kappa shape index (κ1) is 29.0. The van der Waals surface area contributed by atoms with Gasteiger partial charge in [-0.2, -0.15) is 0 Å². The molecule has 8 nitrogen and oxygen atoms in total. The predicted molar refractivity (Wildman–Crippen MR) is 158 cm³/mol. The number of carbonyl (C=O) groups is 3. The molecule has 1 heterocycles. The molecule has 10 heteroatoms. The molecule has 40 heavy (non-hydrogen) atoms. The number of halogens is 2. The Balaban J connectivity index is 1.47. The van der Waals surface area contributed by atoms with Crippen molar-refractivity contribution >= 4 is 63.8 Å². The van der Waals surface area contributed by atoms with Crippen LogP contribution < -0.4 is 16.0 Å². The van der Waals surface area contributed by atoms with Crippen LogP contribution in [0.4, 0.5) is 21.9 Å². The van der Waals surface area contributed by atoms with Crippen LogP contribution in [-0.2, 0) is 25.7 Å². The van der Waals surface area contributed by atoms with E-state index < -0.39 is 29.6 Å². The lowest BCUT2D eigenvalue weighted by molar-refractivity contribution is -0.145. The standard InChI is InChI=1S/C30H29Cl2N3O5/c1-30(2,3)40-29(38)34-22-11-9-21(10-12-22)33-26(36)14-19-13-25(28(37)39-17-18-7-5-4-6-8-18)35-24-16-20(31)15-23(32)27(19)24/h4-12,14-16,25,35H,13,17H2,1-3H3,(H,33,36)(H,34,38)/b19-14+. The van der Waals surface area contributed by atoms with Gasteiger partial charge in [-0.1, -0.05) is 53.5 Å². The average Bonchev–Trinajstić information content (AvgIpc) is 2.87. The number of fused-ring (bicyclic) bond motifs is 1. The zero-order valence-corrected chi connectivity index (χ0v) is 23.7. The summed E-state index contributed by atoms with van der Waals surface area (Å²) in [5.74, 6) is -0.886. The molecule has 3 aromatic carbocycles. The number of esters is 1. The molecule has 0 aliphatic carbocycles. The van der Waals surface area contributed by atoms with Crippen LogP contribution in [0.1, 0.15) is 38.3 Å². The smallest absolute Gasteiger partial charge is 0.412 e. The highest BCUT2D eigenvalue weighted by molar-refractivity contribution is 6.36. The Morgan fingerprint density at radius 1 is 0.975 bits per heavy atom. The van der Waals surface area contributed by atoms with Gasteiger partial charge in [-0.3, -0.25) is 10.1 Å². The van der Waals surface area contributed by atoms with Crippen molar-refractivity contribution in [3.63, 3.8) is 0 Å². The average molecular weight is 582 g/mol. The van der Waals surface area contributed by atoms with Crippen molar-refractivity contribution in [1.82, 2.24) is 0 Å². The van der Waals surface area contributed by atoms with Crippen molar-refractivity contribution in [1.29, 1.82) is 0 Å². The summed E-state index contributed by atoms with van der Waals surface area (Å²) in [6.07, 6.45) is 1.00. The molecule has 0 aromatic heterocycles. The summed E-state index contributed by atoms with van der Waals surface area (Å²) >= 11 is 12.7. The second-order valence-corrected chi connectivity index (χ2v) is 11.0. The third-order valence-electron chi connectivity index (χ3n) is 5.74. The van der Waals surface area contributed by atoms with Gasteiger partial charge in [0.1, 0.15) is 18.2 Å². The van der Waals surface area contributed by atoms with Gasteiger partial charge in [0.25, 0.3) is 0 Å². The molecule has 0 saturated carbocycles. The van der Waals surface area contributed by atoms with E-state index in [4.69, 9.17) is 32.7 Å². The number of carbonyl (C=O) groups excluding carboxylic acids is 3. The van der Waals surface area contributed by atoms with Crippen molar-refractivity contribution in [3.05, 3.63) is 94.0 Å². The summed E-state index contributed by atoms with van der Waals surface area (Å²) in [6, 6.07) is 18.4. The van der Waals surface area contributed by atoms with Gasteiger partial charge in [0, 0.05) is 40.1 Å². The summed E-state index contributed by atoms with van der Waals surface area (Å²) < 4.78 is 10.8. The minimum Gasteiger partial charge on any atom is -0.459 e. The van der Waals surface area contributed by atoms with Crippen LogP contribution in [0.5, 0.6) is 0 Å². The number of benzene rings is 3. The minimum atomic E-state index is -0.747. The molecule has 208 valence electrons. The van der Waals surface area contributed by atoms with E-state index in [0.29, 0.717) is 38.2 Å². The van der Waals surface area contributed by atoms with Gasteiger partial charge in [0.05, 0.1) is 5.02 Å². The number of amides is 2. The first-order valence-electron chi connectivity index (χ1n) is 12.5. The number of nitrogens with one attached hydrogen (secondary N) is 3. The molecule has 0 spiro atoms. The van der Waals surface area contributed by atoms with Crippen LogP contribution >= 0.6 is 23.2 Å². The lowest BCUT2D eigenvalue weighted by atomic mass is 9.91. The van der Waals surface area contributed by atoms with E-state index in [2.05, 4.69) is 16.0 Å². The van der Waals surface area contributed by atoms with Crippen molar-refractivity contribution < 1.29 is 23.9 Å². The van der Waals surface area contributed by atoms with E-state index in [1.807, 2.05) is 30.3 Å². The lowest BCUT2D eigenvalue weighted by Gasteiger charge is -2.28. The van der Waals surface area contributed by atoms with E-state index in [1.165, 1.54) is 6.08 Å². The molecule has 0 saturated heterocycles. The highest BCUT2D eigenvalue weighted by Crippen LogP contribution is 2.40. The molecule has 1 aliphatic heterocycles. The van der Waals surface area contributed by atoms with Gasteiger partial charge in [-0.15, -0.1) is 0 Å². The number of rotatable bonds is 6. The van der Waals surface area contributed by atoms with Crippen molar-refractivity contribution in [2.24, 2.45) is 0 Å². The molecule has 1 unspecified atom stereocenters. The fourth-order valence-corrected chi connectivity index (χ4v) is 4.69. The lowest BCUT2D eigenvalue weighted by Crippen LogP contribution is -2.35. The van der Waals surface area contributed by atoms with Gasteiger partial charge < -0.3 is 20.1 Å². The molecule has 1 atom stereocenters. The Hall–Kier alpha value is -4.01. The van der Waals surface area contributed by atoms with Crippen molar-refractivity contribution in [2.75, 3.05) is 16.0 Å². The fourth-order valence-electron chi connectivity index (χ4n) is 4.07. The van der Waals surface area contributed by atoms with Gasteiger partial charge in [-0.25, -0.2) is 9.59 Å². The second-order valence-electron chi connectivity index (χ2n) is 10.2. The minimum absolute atomic E-state index is 0.124. The van der Waals surface area contributed by atoms with Gasteiger partial charge >= 0.3 is 12.1 Å². The Bertz CT molecular complexity index is 1430. The maximum atomic E-state index is 13.0. The molecule has 2 amide bonds. The van der Waals surface area contributed by atoms with E-state index in [1.54, 1.807) is 57.2 Å². The van der Waals surface area contributed by atoms with Gasteiger partial charge in [0.15, 0.2) is 0 Å². The normalized spacial score (nSPS) is 15.4. The number of hydrogen-bond donors (Lipinski definition) is 3. The quantitative estimate of drug-likeness (QED) is 0.208. The third kappa shape index (κ3) is 8.00. The summed E-state index contributed by atoms with van der Waals surface area (Å²) in [7, 11) is 0. The second kappa shape index (κ2) is 12.4. The highest BCUT2D eigenvalue weighted by atomic mass is 35.5. The fraction of sp³-hybridized carbons (Fsp3) is 0.233. The molecular formula is C30H29Cl2N3O5. The summed E-state index contributed by atoms with van der Waals surface area (Å²) in [5.41, 5.74) is 2.93. The van der Waals surface area contributed by atoms with Crippen LogP contribution in [0.3, 0.4) is 0 Å². The first-order valence-corrected chi connectivity index (χ1v) is 13.3. The Labute approximate surface area is 242 Å². The van der Waals surface area contributed by atoms with Crippen LogP contribution in [0.25, 0.3) is 5.57 Å². The summed E-state index contributed by atoms with van der Waals surface area (Å²) in [6.45, 7) is 5.45. The monoisotopic (exact) mass is 581 g/mol. The Morgan fingerprint density at radius 3 is 2.27 bits per heavy atom. The van der Waals surface area contributed by atoms with Crippen LogP contribution in [-0.4, -0.2) is 29.6 Å². The molecule has 0 bridgehead atoms. The molecule has 3 aromatic rings. The molecular weight excluding hydrogens is 553 g/mol. The maximum Gasteiger partial charge on any atom is 0.412 e. The maximum absolute atomic E-state index is 13.0. The molecule has 3 N–H and O–H groups in total. The SMILES string of the molecule is CC(C)(C)OC(=O)Nc1ccc(NC(=O)/C=C2\CC(C(=O)OCc3ccccc3)Nc3cc(Cl)cc(Cl)c32)cc1. The van der Waals surface area contributed by atoms with E-state index in [-0.39, 0.29) is 13.0 Å². The predicted octanol–water partition coefficient (Wildman–Crippen LogP) is 7.29. The Kier molecular flexibility index (Phi) is 9.02. The summed E-state index contributed by atoms with van der Waals surface area (Å²) in [4.78, 5) is 37.9. The zero-order chi connectivity index (χ0) is 28.9. The van der Waals surface area contributed by atoms with E-state index in [0.717, 1.165) is 5.56 Å². The van der Waals surface area contributed by atoms with E-state index in [9.17, 15) is 14.4 Å². The van der Waals surface area contributed by atoms with Crippen molar-refractivity contribution in [2.45, 2.75) is 45.4 Å². The zero-order valence-electron chi connectivity index (χ0n) is 22.2. The molecule has 0 radical (unpaired) electrons. The molecule has 4 rings (SSSR count). The highest BCUT2D eigenvalue weighted by Gasteiger charge is 2.30. The molecule has 1 aliphatic rings. The number of anilines is 3. The number of hydrogen-bond acceptors (Lipinski definition) is 6. The Morgan fingerprint density at radius 2 is 1.62 bits per heavy atom. The van der Waals surface area contributed by atoms with Crippen LogP contribution in [0, 0.1) is 0 Å². The summed E-state index contributed by atoms with van der Waals surface area (Å²) in [5, 5.41) is 9.32.